The minimum absolute atomic E-state index is 0.190. The van der Waals surface area contributed by atoms with E-state index in [-0.39, 0.29) is 12.4 Å². The fourth-order valence-electron chi connectivity index (χ4n) is 1.54. The average Bonchev–Trinajstić information content (AvgIpc) is 2.93. The zero-order chi connectivity index (χ0) is 14.4. The number of anilines is 1. The predicted molar refractivity (Wildman–Crippen MR) is 73.9 cm³/mol. The molecule has 0 fully saturated rings. The summed E-state index contributed by atoms with van der Waals surface area (Å²) in [4.78, 5) is 26.8. The Bertz CT molecular complexity index is 601. The first-order valence-electron chi connectivity index (χ1n) is 5.88. The molecule has 1 aromatic heterocycles. The van der Waals surface area contributed by atoms with E-state index < -0.39 is 11.8 Å². The zero-order valence-electron chi connectivity index (χ0n) is 10.4. The summed E-state index contributed by atoms with van der Waals surface area (Å²) < 4.78 is 13.3. The maximum absolute atomic E-state index is 13.3. The molecule has 1 heterocycles. The van der Waals surface area contributed by atoms with Gasteiger partial charge in [-0.15, -0.1) is 11.3 Å². The topological polar surface area (TPSA) is 71.1 Å². The largest absolute Gasteiger partial charge is 0.347 e. The Kier molecular flexibility index (Phi) is 4.78. The van der Waals surface area contributed by atoms with E-state index in [1.807, 2.05) is 0 Å². The average molecular weight is 293 g/mol. The van der Waals surface area contributed by atoms with Crippen LogP contribution in [0.25, 0.3) is 0 Å². The molecule has 0 aliphatic rings. The Morgan fingerprint density at radius 3 is 2.75 bits per heavy atom. The summed E-state index contributed by atoms with van der Waals surface area (Å²) in [6, 6.07) is 6.31. The molecule has 0 radical (unpaired) electrons. The van der Waals surface area contributed by atoms with Crippen LogP contribution in [-0.4, -0.2) is 23.3 Å². The Hall–Kier alpha value is -2.28. The van der Waals surface area contributed by atoms with Gasteiger partial charge in [-0.05, 0) is 18.1 Å². The molecule has 7 heteroatoms. The summed E-state index contributed by atoms with van der Waals surface area (Å²) in [7, 11) is 0. The lowest BCUT2D eigenvalue weighted by Crippen LogP contribution is -2.36. The van der Waals surface area contributed by atoms with E-state index in [0.29, 0.717) is 17.0 Å². The molecule has 0 atom stereocenters. The van der Waals surface area contributed by atoms with E-state index in [0.717, 1.165) is 0 Å². The van der Waals surface area contributed by atoms with E-state index in [9.17, 15) is 14.0 Å². The Labute approximate surface area is 118 Å². The molecule has 0 saturated heterocycles. The van der Waals surface area contributed by atoms with Crippen LogP contribution in [0, 0.1) is 5.82 Å². The second kappa shape index (κ2) is 6.76. The van der Waals surface area contributed by atoms with Crippen LogP contribution in [0.4, 0.5) is 9.39 Å². The molecule has 2 amide bonds. The van der Waals surface area contributed by atoms with Crippen LogP contribution >= 0.6 is 11.3 Å². The van der Waals surface area contributed by atoms with Gasteiger partial charge in [0, 0.05) is 6.54 Å². The van der Waals surface area contributed by atoms with Crippen LogP contribution in [0.1, 0.15) is 5.56 Å². The van der Waals surface area contributed by atoms with Gasteiger partial charge in [0.15, 0.2) is 0 Å². The zero-order valence-corrected chi connectivity index (χ0v) is 11.2. The summed E-state index contributed by atoms with van der Waals surface area (Å²) in [6.07, 6.45) is 1.78. The molecule has 104 valence electrons. The van der Waals surface area contributed by atoms with Crippen molar-refractivity contribution in [2.45, 2.75) is 6.42 Å². The first kappa shape index (κ1) is 14.1. The van der Waals surface area contributed by atoms with Gasteiger partial charge in [0.05, 0.1) is 11.7 Å². The fraction of sp³-hybridized carbons (Fsp3) is 0.154. The van der Waals surface area contributed by atoms with Crippen LogP contribution in [0.5, 0.6) is 0 Å². The van der Waals surface area contributed by atoms with E-state index in [2.05, 4.69) is 15.6 Å². The lowest BCUT2D eigenvalue weighted by molar-refractivity contribution is -0.136. The van der Waals surface area contributed by atoms with Crippen molar-refractivity contribution in [3.63, 3.8) is 0 Å². The van der Waals surface area contributed by atoms with Crippen LogP contribution in [0.3, 0.4) is 0 Å². The van der Waals surface area contributed by atoms with Gasteiger partial charge in [0.2, 0.25) is 0 Å². The van der Waals surface area contributed by atoms with Crippen molar-refractivity contribution in [1.82, 2.24) is 10.3 Å². The van der Waals surface area contributed by atoms with E-state index in [1.54, 1.807) is 23.7 Å². The molecule has 0 aliphatic carbocycles. The highest BCUT2D eigenvalue weighted by atomic mass is 32.1. The number of hydrogen-bond acceptors (Lipinski definition) is 4. The molecule has 0 spiro atoms. The smallest absolute Gasteiger partial charge is 0.314 e. The van der Waals surface area contributed by atoms with Gasteiger partial charge in [-0.1, -0.05) is 18.2 Å². The summed E-state index contributed by atoms with van der Waals surface area (Å²) in [6.45, 7) is 0.190. The van der Waals surface area contributed by atoms with Gasteiger partial charge in [-0.25, -0.2) is 4.39 Å². The Morgan fingerprint density at radius 1 is 1.25 bits per heavy atom. The third-order valence-corrected chi connectivity index (χ3v) is 3.20. The van der Waals surface area contributed by atoms with E-state index >= 15 is 0 Å². The van der Waals surface area contributed by atoms with Crippen LogP contribution in [0.15, 0.2) is 36.0 Å². The molecular weight excluding hydrogens is 281 g/mol. The number of nitrogens with zero attached hydrogens (tertiary/aromatic N) is 1. The fourth-order valence-corrected chi connectivity index (χ4v) is 2.05. The summed E-state index contributed by atoms with van der Waals surface area (Å²) >= 11 is 1.22. The van der Waals surface area contributed by atoms with Crippen molar-refractivity contribution in [3.05, 3.63) is 47.4 Å². The van der Waals surface area contributed by atoms with Crippen LogP contribution in [0.2, 0.25) is 0 Å². The van der Waals surface area contributed by atoms with Gasteiger partial charge < -0.3 is 10.6 Å². The van der Waals surface area contributed by atoms with Crippen molar-refractivity contribution in [2.24, 2.45) is 0 Å². The maximum atomic E-state index is 13.3. The van der Waals surface area contributed by atoms with Gasteiger partial charge >= 0.3 is 11.8 Å². The second-order valence-electron chi connectivity index (χ2n) is 3.92. The number of carbonyl (C=O) groups is 2. The molecule has 20 heavy (non-hydrogen) atoms. The van der Waals surface area contributed by atoms with Gasteiger partial charge in [0.1, 0.15) is 10.8 Å². The van der Waals surface area contributed by atoms with Crippen molar-refractivity contribution in [1.29, 1.82) is 0 Å². The molecule has 0 aliphatic heterocycles. The molecule has 2 aromatic rings. The van der Waals surface area contributed by atoms with E-state index in [4.69, 9.17) is 0 Å². The van der Waals surface area contributed by atoms with Crippen LogP contribution in [-0.2, 0) is 16.0 Å². The van der Waals surface area contributed by atoms with Crippen molar-refractivity contribution in [3.8, 4) is 0 Å². The highest BCUT2D eigenvalue weighted by Gasteiger charge is 2.13. The number of aromatic nitrogens is 1. The van der Waals surface area contributed by atoms with Gasteiger partial charge in [0.25, 0.3) is 0 Å². The molecule has 5 nitrogen and oxygen atoms in total. The molecule has 0 saturated carbocycles. The Balaban J connectivity index is 1.78. The standard InChI is InChI=1S/C13H12FN3O2S/c14-10-4-2-1-3-9(10)5-6-16-12(18)13(19)17-11-7-15-8-20-11/h1-4,7-8H,5-6H2,(H,16,18)(H,17,19). The Morgan fingerprint density at radius 2 is 2.05 bits per heavy atom. The number of hydrogen-bond donors (Lipinski definition) is 2. The van der Waals surface area contributed by atoms with Gasteiger partial charge in [-0.3, -0.25) is 14.6 Å². The third kappa shape index (κ3) is 3.86. The van der Waals surface area contributed by atoms with E-state index in [1.165, 1.54) is 23.6 Å². The minimum atomic E-state index is -0.761. The summed E-state index contributed by atoms with van der Waals surface area (Å²) in [5, 5.41) is 5.35. The highest BCUT2D eigenvalue weighted by molar-refractivity contribution is 7.14. The molecule has 0 unspecified atom stereocenters. The highest BCUT2D eigenvalue weighted by Crippen LogP contribution is 2.11. The second-order valence-corrected chi connectivity index (χ2v) is 4.80. The normalized spacial score (nSPS) is 10.1. The summed E-state index contributed by atoms with van der Waals surface area (Å²) in [5.74, 6) is -1.84. The first-order valence-corrected chi connectivity index (χ1v) is 6.76. The van der Waals surface area contributed by atoms with Crippen molar-refractivity contribution in [2.75, 3.05) is 11.9 Å². The SMILES string of the molecule is O=C(NCCc1ccccc1F)C(=O)Nc1cncs1. The molecule has 1 aromatic carbocycles. The molecular formula is C13H12FN3O2S. The monoisotopic (exact) mass is 293 g/mol. The number of halogens is 1. The van der Waals surface area contributed by atoms with Gasteiger partial charge in [-0.2, -0.15) is 0 Å². The number of thiazole rings is 1. The molecule has 2 rings (SSSR count). The summed E-state index contributed by atoms with van der Waals surface area (Å²) in [5.41, 5.74) is 2.04. The number of amides is 2. The quantitative estimate of drug-likeness (QED) is 0.841. The lowest BCUT2D eigenvalue weighted by Gasteiger charge is -2.05. The van der Waals surface area contributed by atoms with Crippen LogP contribution < -0.4 is 10.6 Å². The number of benzene rings is 1. The van der Waals surface area contributed by atoms with Crippen molar-refractivity contribution < 1.29 is 14.0 Å². The minimum Gasteiger partial charge on any atom is -0.347 e. The predicted octanol–water partition coefficient (Wildman–Crippen LogP) is 1.58. The molecule has 0 bridgehead atoms. The molecule has 2 N–H and O–H groups in total. The lowest BCUT2D eigenvalue weighted by atomic mass is 10.1. The maximum Gasteiger partial charge on any atom is 0.314 e. The first-order chi connectivity index (χ1) is 9.66. The number of carbonyl (C=O) groups excluding carboxylic acids is 2. The number of nitrogens with one attached hydrogen (secondary N) is 2. The van der Waals surface area contributed by atoms with Crippen molar-refractivity contribution >= 4 is 28.2 Å². The third-order valence-electron chi connectivity index (χ3n) is 2.51. The number of rotatable bonds is 4.